The lowest BCUT2D eigenvalue weighted by molar-refractivity contribution is -0.126. The zero-order valence-corrected chi connectivity index (χ0v) is 16.9. The second-order valence-electron chi connectivity index (χ2n) is 7.08. The molecule has 3 rings (SSSR count). The van der Waals surface area contributed by atoms with Crippen LogP contribution < -0.4 is 20.3 Å². The first-order chi connectivity index (χ1) is 14.5. The summed E-state index contributed by atoms with van der Waals surface area (Å²) >= 11 is 0. The highest BCUT2D eigenvalue weighted by atomic mass is 16.5. The normalized spacial score (nSPS) is 15.6. The van der Waals surface area contributed by atoms with Gasteiger partial charge in [0.05, 0.1) is 5.92 Å². The SMILES string of the molecule is C=CCNC(=O)C1CC(=O)N(c2ccc(OCC(=O)Nc3ccccc3C)cc2)C1. The topological polar surface area (TPSA) is 87.7 Å². The Bertz CT molecular complexity index is 940. The van der Waals surface area contributed by atoms with Crippen LogP contribution in [0.5, 0.6) is 5.75 Å². The van der Waals surface area contributed by atoms with E-state index in [4.69, 9.17) is 4.74 Å². The van der Waals surface area contributed by atoms with Crippen molar-refractivity contribution in [2.45, 2.75) is 13.3 Å². The maximum Gasteiger partial charge on any atom is 0.262 e. The molecule has 1 aliphatic rings. The molecule has 2 aromatic rings. The van der Waals surface area contributed by atoms with Gasteiger partial charge in [0.1, 0.15) is 5.75 Å². The molecule has 1 unspecified atom stereocenters. The molecule has 0 radical (unpaired) electrons. The highest BCUT2D eigenvalue weighted by Gasteiger charge is 2.34. The van der Waals surface area contributed by atoms with E-state index >= 15 is 0 Å². The van der Waals surface area contributed by atoms with Crippen molar-refractivity contribution in [1.29, 1.82) is 0 Å². The summed E-state index contributed by atoms with van der Waals surface area (Å²) in [4.78, 5) is 38.1. The van der Waals surface area contributed by atoms with Gasteiger partial charge in [-0.15, -0.1) is 6.58 Å². The van der Waals surface area contributed by atoms with Crippen LogP contribution in [0.2, 0.25) is 0 Å². The van der Waals surface area contributed by atoms with Gasteiger partial charge in [0, 0.05) is 30.9 Å². The number of amides is 3. The predicted molar refractivity (Wildman–Crippen MR) is 115 cm³/mol. The minimum Gasteiger partial charge on any atom is -0.484 e. The number of nitrogens with zero attached hydrogens (tertiary/aromatic N) is 1. The first-order valence-corrected chi connectivity index (χ1v) is 9.75. The quantitative estimate of drug-likeness (QED) is 0.659. The van der Waals surface area contributed by atoms with Crippen molar-refractivity contribution in [2.75, 3.05) is 29.9 Å². The van der Waals surface area contributed by atoms with Gasteiger partial charge < -0.3 is 20.3 Å². The van der Waals surface area contributed by atoms with Crippen LogP contribution in [-0.4, -0.2) is 37.4 Å². The molecular formula is C23H25N3O4. The highest BCUT2D eigenvalue weighted by molar-refractivity contribution is 6.00. The van der Waals surface area contributed by atoms with Crippen LogP contribution in [0.4, 0.5) is 11.4 Å². The first kappa shape index (κ1) is 21.1. The van der Waals surface area contributed by atoms with Gasteiger partial charge in [-0.1, -0.05) is 24.3 Å². The molecule has 1 aliphatic heterocycles. The molecule has 0 saturated carbocycles. The van der Waals surface area contributed by atoms with Gasteiger partial charge >= 0.3 is 0 Å². The molecule has 1 heterocycles. The molecule has 1 atom stereocenters. The molecule has 2 aromatic carbocycles. The van der Waals surface area contributed by atoms with Crippen LogP contribution in [0, 0.1) is 12.8 Å². The van der Waals surface area contributed by atoms with Gasteiger partial charge in [0.2, 0.25) is 11.8 Å². The monoisotopic (exact) mass is 407 g/mol. The van der Waals surface area contributed by atoms with Crippen molar-refractivity contribution in [3.63, 3.8) is 0 Å². The number of aryl methyl sites for hydroxylation is 1. The number of rotatable bonds is 8. The Morgan fingerprint density at radius 1 is 1.20 bits per heavy atom. The van der Waals surface area contributed by atoms with Crippen molar-refractivity contribution in [1.82, 2.24) is 5.32 Å². The number of carbonyl (C=O) groups is 3. The number of para-hydroxylation sites is 1. The third-order valence-corrected chi connectivity index (χ3v) is 4.85. The van der Waals surface area contributed by atoms with Gasteiger partial charge in [0.25, 0.3) is 5.91 Å². The van der Waals surface area contributed by atoms with Crippen LogP contribution in [-0.2, 0) is 14.4 Å². The Morgan fingerprint density at radius 2 is 1.93 bits per heavy atom. The number of benzene rings is 2. The molecule has 1 fully saturated rings. The predicted octanol–water partition coefficient (Wildman–Crippen LogP) is 2.67. The van der Waals surface area contributed by atoms with Crippen molar-refractivity contribution in [2.24, 2.45) is 5.92 Å². The molecule has 156 valence electrons. The zero-order valence-electron chi connectivity index (χ0n) is 16.9. The number of ether oxygens (including phenoxy) is 1. The summed E-state index contributed by atoms with van der Waals surface area (Å²) < 4.78 is 5.54. The molecule has 7 nitrogen and oxygen atoms in total. The second kappa shape index (κ2) is 9.73. The molecule has 0 aliphatic carbocycles. The lowest BCUT2D eigenvalue weighted by Crippen LogP contribution is -2.32. The maximum absolute atomic E-state index is 12.3. The number of hydrogen-bond acceptors (Lipinski definition) is 4. The molecule has 30 heavy (non-hydrogen) atoms. The Morgan fingerprint density at radius 3 is 2.63 bits per heavy atom. The van der Waals surface area contributed by atoms with E-state index in [2.05, 4.69) is 17.2 Å². The summed E-state index contributed by atoms with van der Waals surface area (Å²) in [6.45, 7) is 6.08. The van der Waals surface area contributed by atoms with Gasteiger partial charge in [-0.3, -0.25) is 14.4 Å². The Labute approximate surface area is 175 Å². The van der Waals surface area contributed by atoms with E-state index in [1.165, 1.54) is 0 Å². The van der Waals surface area contributed by atoms with Gasteiger partial charge in [-0.25, -0.2) is 0 Å². The summed E-state index contributed by atoms with van der Waals surface area (Å²) in [7, 11) is 0. The fraction of sp³-hybridized carbons (Fsp3) is 0.261. The minimum atomic E-state index is -0.376. The second-order valence-corrected chi connectivity index (χ2v) is 7.08. The van der Waals surface area contributed by atoms with Crippen molar-refractivity contribution in [3.8, 4) is 5.75 Å². The smallest absolute Gasteiger partial charge is 0.262 e. The fourth-order valence-corrected chi connectivity index (χ4v) is 3.22. The van der Waals surface area contributed by atoms with Crippen molar-refractivity contribution < 1.29 is 19.1 Å². The van der Waals surface area contributed by atoms with Crippen LogP contribution in [0.25, 0.3) is 0 Å². The standard InChI is InChI=1S/C23H25N3O4/c1-3-12-24-23(29)17-13-22(28)26(14-17)18-8-10-19(11-9-18)30-15-21(27)25-20-7-5-4-6-16(20)2/h3-11,17H,1,12-15H2,2H3,(H,24,29)(H,25,27). The van der Waals surface area contributed by atoms with E-state index in [1.807, 2.05) is 31.2 Å². The third-order valence-electron chi connectivity index (χ3n) is 4.85. The van der Waals surface area contributed by atoms with E-state index < -0.39 is 0 Å². The number of nitrogens with one attached hydrogen (secondary N) is 2. The number of hydrogen-bond donors (Lipinski definition) is 2. The Kier molecular flexibility index (Phi) is 6.85. The summed E-state index contributed by atoms with van der Waals surface area (Å²) in [5.74, 6) is -0.356. The number of anilines is 2. The molecular weight excluding hydrogens is 382 g/mol. The van der Waals surface area contributed by atoms with Crippen LogP contribution in [0.15, 0.2) is 61.2 Å². The Hall–Kier alpha value is -3.61. The summed E-state index contributed by atoms with van der Waals surface area (Å²) in [5.41, 5.74) is 2.42. The third kappa shape index (κ3) is 5.26. The van der Waals surface area contributed by atoms with E-state index in [9.17, 15) is 14.4 Å². The maximum atomic E-state index is 12.3. The van der Waals surface area contributed by atoms with Crippen molar-refractivity contribution >= 4 is 29.1 Å². The summed E-state index contributed by atoms with van der Waals surface area (Å²) in [6, 6.07) is 14.4. The lowest BCUT2D eigenvalue weighted by Gasteiger charge is -2.17. The molecule has 3 amide bonds. The summed E-state index contributed by atoms with van der Waals surface area (Å²) in [6.07, 6.45) is 1.78. The molecule has 2 N–H and O–H groups in total. The van der Waals surface area contributed by atoms with Crippen molar-refractivity contribution in [3.05, 3.63) is 66.7 Å². The van der Waals surface area contributed by atoms with E-state index in [-0.39, 0.29) is 36.7 Å². The van der Waals surface area contributed by atoms with Gasteiger partial charge in [-0.2, -0.15) is 0 Å². The van der Waals surface area contributed by atoms with Crippen LogP contribution >= 0.6 is 0 Å². The minimum absolute atomic E-state index is 0.0972. The highest BCUT2D eigenvalue weighted by Crippen LogP contribution is 2.27. The fourth-order valence-electron chi connectivity index (χ4n) is 3.22. The van der Waals surface area contributed by atoms with E-state index in [1.54, 1.807) is 35.2 Å². The molecule has 0 bridgehead atoms. The molecule has 0 aromatic heterocycles. The van der Waals surface area contributed by atoms with Crippen LogP contribution in [0.1, 0.15) is 12.0 Å². The Balaban J connectivity index is 1.53. The largest absolute Gasteiger partial charge is 0.484 e. The lowest BCUT2D eigenvalue weighted by atomic mass is 10.1. The summed E-state index contributed by atoms with van der Waals surface area (Å²) in [5, 5.41) is 5.54. The van der Waals surface area contributed by atoms with E-state index in [0.717, 1.165) is 11.3 Å². The first-order valence-electron chi connectivity index (χ1n) is 9.75. The zero-order chi connectivity index (χ0) is 21.5. The molecule has 0 spiro atoms. The average Bonchev–Trinajstić information content (AvgIpc) is 3.14. The molecule has 1 saturated heterocycles. The molecule has 7 heteroatoms. The number of carbonyl (C=O) groups excluding carboxylic acids is 3. The van der Waals surface area contributed by atoms with Gasteiger partial charge in [0.15, 0.2) is 6.61 Å². The van der Waals surface area contributed by atoms with Gasteiger partial charge in [-0.05, 0) is 42.8 Å². The van der Waals surface area contributed by atoms with E-state index in [0.29, 0.717) is 24.5 Å². The van der Waals surface area contributed by atoms with Crippen LogP contribution in [0.3, 0.4) is 0 Å². The average molecular weight is 407 g/mol.